The number of nitrogens with one attached hydrogen (secondary N) is 3. The van der Waals surface area contributed by atoms with E-state index in [0.29, 0.717) is 16.9 Å². The van der Waals surface area contributed by atoms with E-state index in [1.165, 1.54) is 23.5 Å². The monoisotopic (exact) mass is 438 g/mol. The summed E-state index contributed by atoms with van der Waals surface area (Å²) in [5, 5.41) is 5.81. The lowest BCUT2D eigenvalue weighted by Crippen LogP contribution is -2.19. The van der Waals surface area contributed by atoms with Crippen LogP contribution in [0.25, 0.3) is 10.2 Å². The lowest BCUT2D eigenvalue weighted by Gasteiger charge is -2.08. The second kappa shape index (κ2) is 8.13. The molecular formula is C21H18N4O3S2. The van der Waals surface area contributed by atoms with Crippen LogP contribution in [0, 0.1) is 6.92 Å². The van der Waals surface area contributed by atoms with Crippen molar-refractivity contribution in [2.24, 2.45) is 0 Å². The smallest absolute Gasteiger partial charge is 0.308 e. The second-order valence-corrected chi connectivity index (χ2v) is 9.28. The van der Waals surface area contributed by atoms with Crippen LogP contribution >= 0.6 is 11.3 Å². The maximum absolute atomic E-state index is 12.5. The van der Waals surface area contributed by atoms with E-state index in [-0.39, 0.29) is 16.1 Å². The molecule has 1 aromatic heterocycles. The van der Waals surface area contributed by atoms with Gasteiger partial charge in [0.15, 0.2) is 5.13 Å². The molecule has 0 bridgehead atoms. The van der Waals surface area contributed by atoms with E-state index in [2.05, 4.69) is 20.3 Å². The summed E-state index contributed by atoms with van der Waals surface area (Å²) in [6, 6.07) is 20.4. The molecule has 0 radical (unpaired) electrons. The van der Waals surface area contributed by atoms with Crippen LogP contribution in [0.3, 0.4) is 0 Å². The van der Waals surface area contributed by atoms with Crippen molar-refractivity contribution in [3.05, 3.63) is 78.4 Å². The van der Waals surface area contributed by atoms with Gasteiger partial charge in [0.05, 0.1) is 15.1 Å². The van der Waals surface area contributed by atoms with Crippen molar-refractivity contribution in [2.45, 2.75) is 11.8 Å². The summed E-state index contributed by atoms with van der Waals surface area (Å²) >= 11 is 1.19. The Morgan fingerprint density at radius 3 is 2.37 bits per heavy atom. The van der Waals surface area contributed by atoms with Gasteiger partial charge in [-0.05, 0) is 55.0 Å². The number of aromatic nitrogens is 1. The molecule has 2 amide bonds. The zero-order chi connectivity index (χ0) is 21.1. The first kappa shape index (κ1) is 19.9. The van der Waals surface area contributed by atoms with E-state index in [0.717, 1.165) is 10.3 Å². The number of sulfonamides is 1. The van der Waals surface area contributed by atoms with Gasteiger partial charge in [-0.1, -0.05) is 41.7 Å². The predicted octanol–water partition coefficient (Wildman–Crippen LogP) is 5.05. The predicted molar refractivity (Wildman–Crippen MR) is 121 cm³/mol. The maximum atomic E-state index is 12.5. The Morgan fingerprint density at radius 1 is 0.900 bits per heavy atom. The number of hydrogen-bond acceptors (Lipinski definition) is 5. The van der Waals surface area contributed by atoms with Gasteiger partial charge in [-0.15, -0.1) is 0 Å². The molecule has 3 N–H and O–H groups in total. The van der Waals surface area contributed by atoms with Gasteiger partial charge < -0.3 is 10.6 Å². The Morgan fingerprint density at radius 2 is 1.63 bits per heavy atom. The lowest BCUT2D eigenvalue weighted by molar-refractivity contribution is 0.262. The number of rotatable bonds is 5. The molecule has 1 heterocycles. The molecule has 0 aliphatic heterocycles. The molecule has 0 unspecified atom stereocenters. The van der Waals surface area contributed by atoms with Crippen LogP contribution in [-0.4, -0.2) is 19.4 Å². The summed E-state index contributed by atoms with van der Waals surface area (Å²) in [5.41, 5.74) is 2.96. The van der Waals surface area contributed by atoms with Gasteiger partial charge in [0, 0.05) is 11.4 Å². The molecule has 30 heavy (non-hydrogen) atoms. The number of amides is 2. The Kier molecular flexibility index (Phi) is 5.39. The molecular weight excluding hydrogens is 420 g/mol. The van der Waals surface area contributed by atoms with E-state index in [1.54, 1.807) is 36.4 Å². The Labute approximate surface area is 177 Å². The number of carbonyl (C=O) groups excluding carboxylic acids is 1. The molecule has 152 valence electrons. The number of urea groups is 1. The summed E-state index contributed by atoms with van der Waals surface area (Å²) < 4.78 is 28.2. The molecule has 3 aromatic carbocycles. The molecule has 4 rings (SSSR count). The van der Waals surface area contributed by atoms with Gasteiger partial charge in [0.2, 0.25) is 0 Å². The van der Waals surface area contributed by atoms with E-state index < -0.39 is 10.0 Å². The van der Waals surface area contributed by atoms with Crippen LogP contribution in [0.2, 0.25) is 0 Å². The standard InChI is InChI=1S/C21H18N4O3S2/c1-14-6-5-7-15(12-14)22-20(26)23-16-10-11-18-19(13-16)29-21(24-18)25-30(27,28)17-8-3-2-4-9-17/h2-13H,1H3,(H,24,25)(H2,22,23,26). The van der Waals surface area contributed by atoms with Gasteiger partial charge in [-0.2, -0.15) is 0 Å². The molecule has 9 heteroatoms. The molecule has 0 fully saturated rings. The number of carbonyl (C=O) groups is 1. The normalized spacial score (nSPS) is 11.2. The van der Waals surface area contributed by atoms with Crippen molar-refractivity contribution in [3.8, 4) is 0 Å². The second-order valence-electron chi connectivity index (χ2n) is 6.57. The van der Waals surface area contributed by atoms with Crippen molar-refractivity contribution in [3.63, 3.8) is 0 Å². The molecule has 0 aliphatic carbocycles. The van der Waals surface area contributed by atoms with Crippen LogP contribution in [0.15, 0.2) is 77.7 Å². The van der Waals surface area contributed by atoms with Crippen molar-refractivity contribution in [1.82, 2.24) is 4.98 Å². The highest BCUT2D eigenvalue weighted by atomic mass is 32.2. The summed E-state index contributed by atoms with van der Waals surface area (Å²) in [6.45, 7) is 1.95. The zero-order valence-corrected chi connectivity index (χ0v) is 17.5. The third kappa shape index (κ3) is 4.58. The number of benzene rings is 3. The first-order valence-corrected chi connectivity index (χ1v) is 11.3. The summed E-state index contributed by atoms with van der Waals surface area (Å²) in [7, 11) is -3.71. The quantitative estimate of drug-likeness (QED) is 0.406. The Balaban J connectivity index is 1.49. The molecule has 0 saturated carbocycles. The fraction of sp³-hybridized carbons (Fsp3) is 0.0476. The molecule has 0 spiro atoms. The van der Waals surface area contributed by atoms with Crippen LogP contribution in [-0.2, 0) is 10.0 Å². The third-order valence-corrected chi connectivity index (χ3v) is 6.62. The van der Waals surface area contributed by atoms with Crippen LogP contribution in [0.5, 0.6) is 0 Å². The highest BCUT2D eigenvalue weighted by Gasteiger charge is 2.16. The minimum absolute atomic E-state index is 0.166. The zero-order valence-electron chi connectivity index (χ0n) is 15.9. The van der Waals surface area contributed by atoms with Crippen molar-refractivity contribution in [1.29, 1.82) is 0 Å². The Bertz CT molecular complexity index is 1320. The molecule has 7 nitrogen and oxygen atoms in total. The summed E-state index contributed by atoms with van der Waals surface area (Å²) in [5.74, 6) is 0. The number of thiazole rings is 1. The first-order chi connectivity index (χ1) is 14.4. The minimum Gasteiger partial charge on any atom is -0.308 e. The van der Waals surface area contributed by atoms with E-state index in [4.69, 9.17) is 0 Å². The highest BCUT2D eigenvalue weighted by Crippen LogP contribution is 2.30. The van der Waals surface area contributed by atoms with Gasteiger partial charge in [-0.25, -0.2) is 18.2 Å². The maximum Gasteiger partial charge on any atom is 0.323 e. The van der Waals surface area contributed by atoms with E-state index in [9.17, 15) is 13.2 Å². The highest BCUT2D eigenvalue weighted by molar-refractivity contribution is 7.93. The summed E-state index contributed by atoms with van der Waals surface area (Å²) in [4.78, 5) is 16.7. The number of hydrogen-bond donors (Lipinski definition) is 3. The van der Waals surface area contributed by atoms with Gasteiger partial charge >= 0.3 is 6.03 Å². The number of fused-ring (bicyclic) bond motifs is 1. The van der Waals surface area contributed by atoms with Crippen LogP contribution < -0.4 is 15.4 Å². The van der Waals surface area contributed by atoms with Gasteiger partial charge in [0.25, 0.3) is 10.0 Å². The fourth-order valence-corrected chi connectivity index (χ4v) is 5.00. The number of nitrogens with zero attached hydrogens (tertiary/aromatic N) is 1. The topological polar surface area (TPSA) is 100 Å². The molecule has 0 aliphatic rings. The largest absolute Gasteiger partial charge is 0.323 e. The van der Waals surface area contributed by atoms with Gasteiger partial charge in [-0.3, -0.25) is 4.72 Å². The number of anilines is 3. The SMILES string of the molecule is Cc1cccc(NC(=O)Nc2ccc3nc(NS(=O)(=O)c4ccccc4)sc3c2)c1. The Hall–Kier alpha value is -3.43. The van der Waals surface area contributed by atoms with Crippen LogP contribution in [0.1, 0.15) is 5.56 Å². The number of aryl methyl sites for hydroxylation is 1. The van der Waals surface area contributed by atoms with E-state index in [1.807, 2.05) is 31.2 Å². The lowest BCUT2D eigenvalue weighted by atomic mass is 10.2. The first-order valence-electron chi connectivity index (χ1n) is 9.02. The van der Waals surface area contributed by atoms with Crippen LogP contribution in [0.4, 0.5) is 21.3 Å². The average molecular weight is 439 g/mol. The molecule has 0 saturated heterocycles. The van der Waals surface area contributed by atoms with Crippen molar-refractivity contribution < 1.29 is 13.2 Å². The van der Waals surface area contributed by atoms with Gasteiger partial charge in [0.1, 0.15) is 0 Å². The van der Waals surface area contributed by atoms with Crippen molar-refractivity contribution >= 4 is 54.1 Å². The summed E-state index contributed by atoms with van der Waals surface area (Å²) in [6.07, 6.45) is 0. The minimum atomic E-state index is -3.71. The fourth-order valence-electron chi connectivity index (χ4n) is 2.84. The van der Waals surface area contributed by atoms with Crippen molar-refractivity contribution in [2.75, 3.05) is 15.4 Å². The third-order valence-electron chi connectivity index (χ3n) is 4.20. The average Bonchev–Trinajstić information content (AvgIpc) is 3.09. The molecule has 4 aromatic rings. The molecule has 0 atom stereocenters. The van der Waals surface area contributed by atoms with E-state index >= 15 is 0 Å².